The van der Waals surface area contributed by atoms with Crippen LogP contribution in [0, 0.1) is 5.82 Å². The molecule has 0 bridgehead atoms. The normalized spacial score (nSPS) is 13.1. The van der Waals surface area contributed by atoms with E-state index in [4.69, 9.17) is 4.74 Å². The smallest absolute Gasteiger partial charge is 0.232 e. The van der Waals surface area contributed by atoms with Gasteiger partial charge in [-0.15, -0.1) is 10.2 Å². The summed E-state index contributed by atoms with van der Waals surface area (Å²) in [5, 5.41) is 9.55. The van der Waals surface area contributed by atoms with E-state index in [1.165, 1.54) is 12.1 Å². The molecule has 0 amide bonds. The number of hydrogen-bond donors (Lipinski definition) is 0. The van der Waals surface area contributed by atoms with Gasteiger partial charge < -0.3 is 9.64 Å². The molecule has 2 heterocycles. The Bertz CT molecular complexity index is 864. The molecule has 25 heavy (non-hydrogen) atoms. The second-order valence-corrected chi connectivity index (χ2v) is 6.64. The van der Waals surface area contributed by atoms with Gasteiger partial charge in [0.15, 0.2) is 5.16 Å². The van der Waals surface area contributed by atoms with Gasteiger partial charge in [0.25, 0.3) is 0 Å². The predicted molar refractivity (Wildman–Crippen MR) is 96.0 cm³/mol. The molecule has 0 saturated heterocycles. The maximum atomic E-state index is 13.0. The molecule has 0 saturated carbocycles. The van der Waals surface area contributed by atoms with Crippen LogP contribution in [0.2, 0.25) is 0 Å². The van der Waals surface area contributed by atoms with E-state index in [1.54, 1.807) is 31.0 Å². The number of fused-ring (bicyclic) bond motifs is 1. The highest BCUT2D eigenvalue weighted by Crippen LogP contribution is 2.33. The molecule has 128 valence electrons. The second-order valence-electron chi connectivity index (χ2n) is 5.70. The van der Waals surface area contributed by atoms with Crippen molar-refractivity contribution in [3.63, 3.8) is 0 Å². The third-order valence-corrected chi connectivity index (χ3v) is 5.19. The Kier molecular flexibility index (Phi) is 4.31. The van der Waals surface area contributed by atoms with Gasteiger partial charge >= 0.3 is 0 Å². The van der Waals surface area contributed by atoms with Gasteiger partial charge in [-0.25, -0.2) is 4.39 Å². The highest BCUT2D eigenvalue weighted by Gasteiger charge is 2.26. The lowest BCUT2D eigenvalue weighted by Crippen LogP contribution is -2.14. The molecule has 3 aromatic rings. The van der Waals surface area contributed by atoms with Crippen LogP contribution in [0.1, 0.15) is 5.56 Å². The fourth-order valence-electron chi connectivity index (χ4n) is 2.82. The van der Waals surface area contributed by atoms with E-state index in [0.29, 0.717) is 0 Å². The third kappa shape index (κ3) is 3.19. The summed E-state index contributed by atoms with van der Waals surface area (Å²) in [5.74, 6) is 2.21. The highest BCUT2D eigenvalue weighted by molar-refractivity contribution is 7.98. The van der Waals surface area contributed by atoms with E-state index >= 15 is 0 Å². The lowest BCUT2D eigenvalue weighted by molar-refractivity contribution is 0.415. The van der Waals surface area contributed by atoms with E-state index < -0.39 is 0 Å². The molecule has 0 radical (unpaired) electrons. The molecule has 4 rings (SSSR count). The average molecular weight is 356 g/mol. The van der Waals surface area contributed by atoms with Gasteiger partial charge in [-0.3, -0.25) is 4.57 Å². The van der Waals surface area contributed by atoms with Gasteiger partial charge in [-0.1, -0.05) is 23.9 Å². The first-order chi connectivity index (χ1) is 12.2. The summed E-state index contributed by atoms with van der Waals surface area (Å²) >= 11 is 1.61. The molecule has 1 aliphatic heterocycles. The molecule has 1 aromatic heterocycles. The number of aromatic nitrogens is 3. The van der Waals surface area contributed by atoms with Gasteiger partial charge in [0.2, 0.25) is 5.95 Å². The Balaban J connectivity index is 1.49. The first kappa shape index (κ1) is 16.0. The van der Waals surface area contributed by atoms with Gasteiger partial charge in [-0.05, 0) is 42.0 Å². The van der Waals surface area contributed by atoms with Gasteiger partial charge in [0, 0.05) is 24.5 Å². The summed E-state index contributed by atoms with van der Waals surface area (Å²) in [4.78, 5) is 2.15. The van der Waals surface area contributed by atoms with Gasteiger partial charge in [0.1, 0.15) is 11.6 Å². The van der Waals surface area contributed by atoms with Crippen LogP contribution in [-0.4, -0.2) is 28.4 Å². The molecule has 0 N–H and O–H groups in total. The van der Waals surface area contributed by atoms with Crippen molar-refractivity contribution in [3.05, 3.63) is 59.9 Å². The largest absolute Gasteiger partial charge is 0.497 e. The predicted octanol–water partition coefficient (Wildman–Crippen LogP) is 3.87. The standard InChI is InChI=1S/C18H17FN4OS/c1-24-16-8-6-15(7-9-16)22-10-11-23-17(22)20-21-18(23)25-12-13-2-4-14(19)5-3-13/h2-9H,10-12H2,1H3. The molecular formula is C18H17FN4OS. The number of halogens is 1. The summed E-state index contributed by atoms with van der Waals surface area (Å²) in [6.45, 7) is 1.71. The molecule has 5 nitrogen and oxygen atoms in total. The van der Waals surface area contributed by atoms with Crippen molar-refractivity contribution >= 4 is 23.4 Å². The zero-order valence-electron chi connectivity index (χ0n) is 13.7. The fourth-order valence-corrected chi connectivity index (χ4v) is 3.73. The molecule has 2 aromatic carbocycles. The van der Waals surface area contributed by atoms with E-state index in [1.807, 2.05) is 24.3 Å². The Morgan fingerprint density at radius 3 is 2.52 bits per heavy atom. The lowest BCUT2D eigenvalue weighted by atomic mass is 10.2. The Hall–Kier alpha value is -2.54. The molecule has 1 aliphatic rings. The molecule has 0 fully saturated rings. The molecule has 0 aliphatic carbocycles. The molecule has 0 spiro atoms. The SMILES string of the molecule is COc1ccc(N2CCn3c(SCc4ccc(F)cc4)nnc32)cc1. The van der Waals surface area contributed by atoms with Crippen molar-refractivity contribution in [1.29, 1.82) is 0 Å². The summed E-state index contributed by atoms with van der Waals surface area (Å²) < 4.78 is 20.3. The van der Waals surface area contributed by atoms with Crippen molar-refractivity contribution in [2.75, 3.05) is 18.6 Å². The quantitative estimate of drug-likeness (QED) is 0.649. The van der Waals surface area contributed by atoms with E-state index in [2.05, 4.69) is 19.7 Å². The Morgan fingerprint density at radius 1 is 1.04 bits per heavy atom. The monoisotopic (exact) mass is 356 g/mol. The molecule has 0 atom stereocenters. The highest BCUT2D eigenvalue weighted by atomic mass is 32.2. The summed E-state index contributed by atoms with van der Waals surface area (Å²) in [7, 11) is 1.66. The van der Waals surface area contributed by atoms with E-state index in [0.717, 1.165) is 46.9 Å². The topological polar surface area (TPSA) is 43.2 Å². The van der Waals surface area contributed by atoms with E-state index in [9.17, 15) is 4.39 Å². The van der Waals surface area contributed by atoms with Gasteiger partial charge in [-0.2, -0.15) is 0 Å². The zero-order valence-corrected chi connectivity index (χ0v) is 14.5. The summed E-state index contributed by atoms with van der Waals surface area (Å²) in [5.41, 5.74) is 2.13. The first-order valence-electron chi connectivity index (χ1n) is 7.96. The lowest BCUT2D eigenvalue weighted by Gasteiger charge is -2.15. The summed E-state index contributed by atoms with van der Waals surface area (Å²) in [6.07, 6.45) is 0. The molecular weight excluding hydrogens is 339 g/mol. The number of methoxy groups -OCH3 is 1. The number of thioether (sulfide) groups is 1. The minimum Gasteiger partial charge on any atom is -0.497 e. The maximum absolute atomic E-state index is 13.0. The van der Waals surface area contributed by atoms with Crippen LogP contribution in [0.4, 0.5) is 16.0 Å². The van der Waals surface area contributed by atoms with Crippen LogP contribution in [-0.2, 0) is 12.3 Å². The summed E-state index contributed by atoms with van der Waals surface area (Å²) in [6, 6.07) is 14.5. The first-order valence-corrected chi connectivity index (χ1v) is 8.95. The van der Waals surface area contributed by atoms with Crippen molar-refractivity contribution in [2.24, 2.45) is 0 Å². The minimum atomic E-state index is -0.216. The van der Waals surface area contributed by atoms with Crippen LogP contribution in [0.15, 0.2) is 53.7 Å². The molecule has 0 unspecified atom stereocenters. The van der Waals surface area contributed by atoms with Crippen LogP contribution in [0.25, 0.3) is 0 Å². The minimum absolute atomic E-state index is 0.216. The second kappa shape index (κ2) is 6.76. The van der Waals surface area contributed by atoms with Crippen molar-refractivity contribution in [2.45, 2.75) is 17.5 Å². The number of hydrogen-bond acceptors (Lipinski definition) is 5. The Labute approximate surface area is 149 Å². The van der Waals surface area contributed by atoms with Crippen LogP contribution in [0.3, 0.4) is 0 Å². The zero-order chi connectivity index (χ0) is 17.2. The molecule has 7 heteroatoms. The van der Waals surface area contributed by atoms with E-state index in [-0.39, 0.29) is 5.82 Å². The number of anilines is 2. The van der Waals surface area contributed by atoms with Crippen molar-refractivity contribution in [1.82, 2.24) is 14.8 Å². The average Bonchev–Trinajstić information content (AvgIpc) is 3.24. The van der Waals surface area contributed by atoms with Crippen LogP contribution < -0.4 is 9.64 Å². The van der Waals surface area contributed by atoms with Crippen molar-refractivity contribution < 1.29 is 9.13 Å². The number of nitrogens with zero attached hydrogens (tertiary/aromatic N) is 4. The fraction of sp³-hybridized carbons (Fsp3) is 0.222. The number of rotatable bonds is 5. The maximum Gasteiger partial charge on any atom is 0.232 e. The number of ether oxygens (including phenoxy) is 1. The third-order valence-electron chi connectivity index (χ3n) is 4.15. The van der Waals surface area contributed by atoms with Gasteiger partial charge in [0.05, 0.1) is 7.11 Å². The number of benzene rings is 2. The van der Waals surface area contributed by atoms with Crippen LogP contribution in [0.5, 0.6) is 5.75 Å². The van der Waals surface area contributed by atoms with Crippen molar-refractivity contribution in [3.8, 4) is 5.75 Å². The Morgan fingerprint density at radius 2 is 1.80 bits per heavy atom. The van der Waals surface area contributed by atoms with Crippen LogP contribution >= 0.6 is 11.8 Å².